The minimum absolute atomic E-state index is 0.214. The second kappa shape index (κ2) is 8.37. The average molecular weight is 282 g/mol. The molecule has 1 aromatic heterocycles. The molecule has 112 valence electrons. The Morgan fingerprint density at radius 3 is 2.60 bits per heavy atom. The van der Waals surface area contributed by atoms with Crippen molar-refractivity contribution in [1.29, 1.82) is 0 Å². The number of carbonyl (C=O) groups is 1. The molecule has 0 fully saturated rings. The van der Waals surface area contributed by atoms with E-state index in [1.165, 1.54) is 7.11 Å². The number of methoxy groups -OCH3 is 3. The summed E-state index contributed by atoms with van der Waals surface area (Å²) in [6.45, 7) is 4.04. The van der Waals surface area contributed by atoms with Crippen molar-refractivity contribution in [2.75, 3.05) is 34.4 Å². The fourth-order valence-electron chi connectivity index (χ4n) is 1.88. The lowest BCUT2D eigenvalue weighted by Gasteiger charge is -2.21. The Balaban J connectivity index is 2.76. The number of aromatic nitrogens is 1. The van der Waals surface area contributed by atoms with Crippen LogP contribution in [0.4, 0.5) is 0 Å². The van der Waals surface area contributed by atoms with Gasteiger partial charge in [-0.25, -0.2) is 0 Å². The summed E-state index contributed by atoms with van der Waals surface area (Å²) < 4.78 is 15.3. The largest absolute Gasteiger partial charge is 0.493 e. The number of hydrogen-bond acceptors (Lipinski definition) is 6. The van der Waals surface area contributed by atoms with Crippen LogP contribution in [0.15, 0.2) is 12.3 Å². The van der Waals surface area contributed by atoms with Crippen LogP contribution in [0, 0.1) is 0 Å². The number of rotatable bonds is 8. The van der Waals surface area contributed by atoms with Crippen molar-refractivity contribution in [3.8, 4) is 11.5 Å². The van der Waals surface area contributed by atoms with Crippen molar-refractivity contribution in [1.82, 2.24) is 9.88 Å². The third kappa shape index (κ3) is 4.38. The second-order valence-electron chi connectivity index (χ2n) is 4.19. The minimum atomic E-state index is -0.214. The predicted molar refractivity (Wildman–Crippen MR) is 74.9 cm³/mol. The third-order valence-corrected chi connectivity index (χ3v) is 3.05. The van der Waals surface area contributed by atoms with E-state index in [1.54, 1.807) is 26.5 Å². The average Bonchev–Trinajstić information content (AvgIpc) is 2.50. The molecule has 0 aromatic carbocycles. The summed E-state index contributed by atoms with van der Waals surface area (Å²) in [5.74, 6) is 1.07. The van der Waals surface area contributed by atoms with E-state index >= 15 is 0 Å². The summed E-state index contributed by atoms with van der Waals surface area (Å²) in [5.41, 5.74) is 0.790. The molecule has 0 atom stereocenters. The zero-order valence-electron chi connectivity index (χ0n) is 12.5. The predicted octanol–water partition coefficient (Wildman–Crippen LogP) is 1.48. The van der Waals surface area contributed by atoms with E-state index in [0.717, 1.165) is 12.2 Å². The van der Waals surface area contributed by atoms with E-state index < -0.39 is 0 Å². The van der Waals surface area contributed by atoms with Gasteiger partial charge in [-0.05, 0) is 6.54 Å². The number of pyridine rings is 1. The lowest BCUT2D eigenvalue weighted by Crippen LogP contribution is -2.26. The molecule has 0 saturated heterocycles. The monoisotopic (exact) mass is 282 g/mol. The molecule has 6 heteroatoms. The first-order valence-electron chi connectivity index (χ1n) is 6.51. The molecule has 0 N–H and O–H groups in total. The molecule has 0 spiro atoms. The quantitative estimate of drug-likeness (QED) is 0.673. The van der Waals surface area contributed by atoms with Gasteiger partial charge >= 0.3 is 5.97 Å². The first kappa shape index (κ1) is 16.2. The number of carbonyl (C=O) groups excluding carboxylic acids is 1. The Hall–Kier alpha value is -1.82. The van der Waals surface area contributed by atoms with Crippen LogP contribution in [0.2, 0.25) is 0 Å². The molecular formula is C14H22N2O4. The highest BCUT2D eigenvalue weighted by molar-refractivity contribution is 5.69. The summed E-state index contributed by atoms with van der Waals surface area (Å²) in [7, 11) is 4.58. The van der Waals surface area contributed by atoms with Gasteiger partial charge in [0.25, 0.3) is 0 Å². The summed E-state index contributed by atoms with van der Waals surface area (Å²) in [6.07, 6.45) is 2.04. The highest BCUT2D eigenvalue weighted by atomic mass is 16.5. The Bertz CT molecular complexity index is 437. The van der Waals surface area contributed by atoms with Gasteiger partial charge in [-0.2, -0.15) is 0 Å². The molecule has 0 aliphatic heterocycles. The SMILES string of the molecule is CCN(CCC(=O)OC)Cc1nccc(OC)c1OC. The first-order valence-corrected chi connectivity index (χ1v) is 6.51. The first-order chi connectivity index (χ1) is 9.65. The molecule has 0 radical (unpaired) electrons. The number of nitrogens with zero attached hydrogens (tertiary/aromatic N) is 2. The zero-order valence-corrected chi connectivity index (χ0v) is 12.5. The van der Waals surface area contributed by atoms with Gasteiger partial charge in [-0.15, -0.1) is 0 Å². The second-order valence-corrected chi connectivity index (χ2v) is 4.19. The fraction of sp³-hybridized carbons (Fsp3) is 0.571. The summed E-state index contributed by atoms with van der Waals surface area (Å²) in [6, 6.07) is 1.76. The third-order valence-electron chi connectivity index (χ3n) is 3.05. The van der Waals surface area contributed by atoms with Crippen LogP contribution in [0.1, 0.15) is 19.0 Å². The van der Waals surface area contributed by atoms with Gasteiger partial charge in [0, 0.05) is 25.4 Å². The van der Waals surface area contributed by atoms with E-state index in [2.05, 4.69) is 14.6 Å². The van der Waals surface area contributed by atoms with E-state index in [1.807, 2.05) is 6.92 Å². The van der Waals surface area contributed by atoms with Crippen molar-refractivity contribution in [2.24, 2.45) is 0 Å². The van der Waals surface area contributed by atoms with Crippen LogP contribution in [0.5, 0.6) is 11.5 Å². The summed E-state index contributed by atoms with van der Waals surface area (Å²) in [4.78, 5) is 17.6. The maximum absolute atomic E-state index is 11.2. The van der Waals surface area contributed by atoms with Crippen molar-refractivity contribution in [2.45, 2.75) is 19.9 Å². The molecule has 1 heterocycles. The zero-order chi connectivity index (χ0) is 15.0. The van der Waals surface area contributed by atoms with E-state index in [9.17, 15) is 4.79 Å². The van der Waals surface area contributed by atoms with Crippen molar-refractivity contribution in [3.63, 3.8) is 0 Å². The van der Waals surface area contributed by atoms with Crippen LogP contribution in [-0.2, 0) is 16.1 Å². The molecule has 0 aliphatic rings. The van der Waals surface area contributed by atoms with Gasteiger partial charge in [0.2, 0.25) is 0 Å². The maximum Gasteiger partial charge on any atom is 0.306 e. The number of hydrogen-bond donors (Lipinski definition) is 0. The van der Waals surface area contributed by atoms with Gasteiger partial charge < -0.3 is 14.2 Å². The van der Waals surface area contributed by atoms with Gasteiger partial charge in [-0.3, -0.25) is 14.7 Å². The van der Waals surface area contributed by atoms with Crippen LogP contribution >= 0.6 is 0 Å². The molecule has 6 nitrogen and oxygen atoms in total. The van der Waals surface area contributed by atoms with Crippen molar-refractivity contribution < 1.29 is 19.0 Å². The molecule has 0 bridgehead atoms. The lowest BCUT2D eigenvalue weighted by atomic mass is 10.2. The Kier molecular flexibility index (Phi) is 6.79. The molecule has 0 unspecified atom stereocenters. The number of ether oxygens (including phenoxy) is 3. The van der Waals surface area contributed by atoms with Crippen LogP contribution < -0.4 is 9.47 Å². The van der Waals surface area contributed by atoms with Gasteiger partial charge in [0.15, 0.2) is 11.5 Å². The van der Waals surface area contributed by atoms with Crippen LogP contribution in [-0.4, -0.2) is 50.3 Å². The lowest BCUT2D eigenvalue weighted by molar-refractivity contribution is -0.141. The molecule has 0 saturated carbocycles. The molecule has 0 amide bonds. The Labute approximate surface area is 119 Å². The van der Waals surface area contributed by atoms with Crippen molar-refractivity contribution >= 4 is 5.97 Å². The van der Waals surface area contributed by atoms with Gasteiger partial charge in [-0.1, -0.05) is 6.92 Å². The molecule has 20 heavy (non-hydrogen) atoms. The van der Waals surface area contributed by atoms with E-state index in [0.29, 0.717) is 31.0 Å². The molecule has 1 aromatic rings. The van der Waals surface area contributed by atoms with E-state index in [4.69, 9.17) is 9.47 Å². The Morgan fingerprint density at radius 2 is 2.05 bits per heavy atom. The standard InChI is InChI=1S/C14H22N2O4/c1-5-16(9-7-13(17)19-3)10-11-14(20-4)12(18-2)6-8-15-11/h6,8H,5,7,9-10H2,1-4H3. The smallest absolute Gasteiger partial charge is 0.306 e. The van der Waals surface area contributed by atoms with Crippen molar-refractivity contribution in [3.05, 3.63) is 18.0 Å². The molecular weight excluding hydrogens is 260 g/mol. The maximum atomic E-state index is 11.2. The van der Waals surface area contributed by atoms with Gasteiger partial charge in [0.1, 0.15) is 5.69 Å². The molecule has 1 rings (SSSR count). The normalized spacial score (nSPS) is 10.4. The highest BCUT2D eigenvalue weighted by Crippen LogP contribution is 2.29. The van der Waals surface area contributed by atoms with Gasteiger partial charge in [0.05, 0.1) is 27.8 Å². The number of esters is 1. The minimum Gasteiger partial charge on any atom is -0.493 e. The highest BCUT2D eigenvalue weighted by Gasteiger charge is 2.15. The molecule has 0 aliphatic carbocycles. The van der Waals surface area contributed by atoms with Crippen LogP contribution in [0.25, 0.3) is 0 Å². The summed E-state index contributed by atoms with van der Waals surface area (Å²) in [5, 5.41) is 0. The van der Waals surface area contributed by atoms with Crippen LogP contribution in [0.3, 0.4) is 0 Å². The topological polar surface area (TPSA) is 60.9 Å². The van der Waals surface area contributed by atoms with E-state index in [-0.39, 0.29) is 5.97 Å². The summed E-state index contributed by atoms with van der Waals surface area (Å²) >= 11 is 0. The Morgan fingerprint density at radius 1 is 1.30 bits per heavy atom. The fourth-order valence-corrected chi connectivity index (χ4v) is 1.88.